The molecule has 2 rings (SSSR count). The van der Waals surface area contributed by atoms with E-state index < -0.39 is 42.4 Å². The van der Waals surface area contributed by atoms with Crippen LogP contribution in [0.5, 0.6) is 0 Å². The Balaban J connectivity index is 0. The van der Waals surface area contributed by atoms with Crippen molar-refractivity contribution in [3.63, 3.8) is 0 Å². The van der Waals surface area contributed by atoms with Gasteiger partial charge in [0.25, 0.3) is 5.56 Å². The van der Waals surface area contributed by atoms with Crippen LogP contribution < -0.4 is 11.2 Å². The number of aromatic nitrogens is 2. The summed E-state index contributed by atoms with van der Waals surface area (Å²) in [4.78, 5) is 24.3. The molecule has 3 radical (unpaired) electrons. The SMILES string of the molecule is O=c1ccn(C2OC(CO)C(O)C2O)c(=O)[nH]1.[Ac].[Ac].[Ac]. The first-order valence-electron chi connectivity index (χ1n) is 4.98. The zero-order valence-corrected chi connectivity index (χ0v) is 24.7. The molecule has 1 fully saturated rings. The molecule has 2 heterocycles. The first-order chi connectivity index (χ1) is 8.04. The van der Waals surface area contributed by atoms with Crippen LogP contribution in [0.1, 0.15) is 6.23 Å². The summed E-state index contributed by atoms with van der Waals surface area (Å²) in [6.45, 7) is -0.479. The van der Waals surface area contributed by atoms with Crippen molar-refractivity contribution in [2.45, 2.75) is 24.5 Å². The molecule has 20 heavy (non-hydrogen) atoms. The van der Waals surface area contributed by atoms with Gasteiger partial charge in [0.1, 0.15) is 18.3 Å². The van der Waals surface area contributed by atoms with Crippen molar-refractivity contribution in [2.75, 3.05) is 6.61 Å². The topological polar surface area (TPSA) is 125 Å². The number of aliphatic hydroxyl groups is 3. The van der Waals surface area contributed by atoms with Crippen LogP contribution in [0.2, 0.25) is 0 Å². The van der Waals surface area contributed by atoms with E-state index in [0.29, 0.717) is 0 Å². The zero-order chi connectivity index (χ0) is 12.6. The molecule has 0 spiro atoms. The summed E-state index contributed by atoms with van der Waals surface area (Å²) >= 11 is 0. The molecule has 0 aliphatic carbocycles. The van der Waals surface area contributed by atoms with Gasteiger partial charge in [0.15, 0.2) is 6.23 Å². The maximum absolute atomic E-state index is 11.4. The minimum atomic E-state index is -1.35. The van der Waals surface area contributed by atoms with Crippen molar-refractivity contribution >= 4 is 0 Å². The molecule has 103 valence electrons. The van der Waals surface area contributed by atoms with Crippen molar-refractivity contribution in [3.05, 3.63) is 33.1 Å². The number of aromatic amines is 1. The summed E-state index contributed by atoms with van der Waals surface area (Å²) < 4.78 is 6.08. The number of ether oxygens (including phenoxy) is 1. The van der Waals surface area contributed by atoms with Crippen molar-refractivity contribution in [1.82, 2.24) is 9.55 Å². The summed E-state index contributed by atoms with van der Waals surface area (Å²) in [6, 6.07) is 1.09. The number of nitrogens with one attached hydrogen (secondary N) is 1. The van der Waals surface area contributed by atoms with E-state index in [2.05, 4.69) is 0 Å². The first kappa shape index (κ1) is 25.1. The monoisotopic (exact) mass is 925 g/mol. The van der Waals surface area contributed by atoms with Gasteiger partial charge in [-0.25, -0.2) is 4.79 Å². The second kappa shape index (κ2) is 11.4. The van der Waals surface area contributed by atoms with Crippen LogP contribution in [0.3, 0.4) is 0 Å². The Morgan fingerprint density at radius 1 is 1.20 bits per heavy atom. The molecular weight excluding hydrogens is 913 g/mol. The van der Waals surface area contributed by atoms with E-state index in [0.717, 1.165) is 16.8 Å². The van der Waals surface area contributed by atoms with E-state index in [1.807, 2.05) is 4.98 Å². The van der Waals surface area contributed by atoms with Crippen LogP contribution in [0, 0.1) is 132 Å². The molecule has 4 unspecified atom stereocenters. The molecule has 0 aromatic carbocycles. The van der Waals surface area contributed by atoms with Gasteiger partial charge < -0.3 is 20.1 Å². The van der Waals surface area contributed by atoms with Gasteiger partial charge in [-0.1, -0.05) is 0 Å². The number of hydrogen-bond donors (Lipinski definition) is 4. The quantitative estimate of drug-likeness (QED) is 0.254. The van der Waals surface area contributed by atoms with Crippen LogP contribution in [0.4, 0.5) is 0 Å². The predicted molar refractivity (Wildman–Crippen MR) is 54.3 cm³/mol. The van der Waals surface area contributed by atoms with Crippen LogP contribution in [-0.4, -0.2) is 49.8 Å². The Labute approximate surface area is 221 Å². The summed E-state index contributed by atoms with van der Waals surface area (Å²) in [5, 5.41) is 28.1. The standard InChI is InChI=1S/C9H12N2O6.3Ac/c12-3-4-6(14)7(15)8(17-4)11-2-1-5(13)10-9(11)16;;;/h1-2,4,6-8,12,14-15H,3H2,(H,10,13,16);;;. The van der Waals surface area contributed by atoms with Crippen molar-refractivity contribution in [2.24, 2.45) is 0 Å². The molecule has 0 bridgehead atoms. The van der Waals surface area contributed by atoms with Gasteiger partial charge in [-0.2, -0.15) is 0 Å². The minimum Gasteiger partial charge on any atom is -0.394 e. The Bertz CT molecular complexity index is 521. The Kier molecular flexibility index (Phi) is 14.3. The molecule has 1 aliphatic heterocycles. The largest absolute Gasteiger partial charge is 0.394 e. The molecule has 1 saturated heterocycles. The molecule has 1 aromatic heterocycles. The maximum Gasteiger partial charge on any atom is 0.330 e. The van der Waals surface area contributed by atoms with Crippen LogP contribution in [0.25, 0.3) is 0 Å². The summed E-state index contributed by atoms with van der Waals surface area (Å²) in [5.74, 6) is 0. The van der Waals surface area contributed by atoms with Gasteiger partial charge in [-0.3, -0.25) is 14.3 Å². The number of hydrogen-bond acceptors (Lipinski definition) is 6. The second-order valence-electron chi connectivity index (χ2n) is 3.75. The second-order valence-corrected chi connectivity index (χ2v) is 3.75. The molecule has 0 saturated carbocycles. The molecule has 1 aromatic rings. The fourth-order valence-electron chi connectivity index (χ4n) is 1.74. The van der Waals surface area contributed by atoms with Crippen molar-refractivity contribution < 1.29 is 152 Å². The zero-order valence-electron chi connectivity index (χ0n) is 10.4. The number of rotatable bonds is 2. The third kappa shape index (κ3) is 5.73. The Morgan fingerprint density at radius 3 is 2.25 bits per heavy atom. The normalized spacial score (nSPS) is 27.9. The van der Waals surface area contributed by atoms with Crippen LogP contribution in [-0.2, 0) is 4.74 Å². The van der Waals surface area contributed by atoms with Gasteiger partial charge in [-0.05, 0) is 0 Å². The molecule has 4 atom stereocenters. The number of nitrogens with zero attached hydrogens (tertiary/aromatic N) is 1. The number of aliphatic hydroxyl groups excluding tert-OH is 3. The van der Waals surface area contributed by atoms with E-state index in [9.17, 15) is 19.8 Å². The summed E-state index contributed by atoms with van der Waals surface area (Å²) in [7, 11) is 0. The van der Waals surface area contributed by atoms with E-state index in [1.165, 1.54) is 0 Å². The van der Waals surface area contributed by atoms with Gasteiger partial charge in [0.05, 0.1) is 6.61 Å². The Hall–Kier alpha value is 2.84. The van der Waals surface area contributed by atoms with Crippen molar-refractivity contribution in [1.29, 1.82) is 0 Å². The minimum absolute atomic E-state index is 0. The molecule has 4 N–H and O–H groups in total. The summed E-state index contributed by atoms with van der Waals surface area (Å²) in [6.07, 6.45) is -3.58. The van der Waals surface area contributed by atoms with E-state index in [-0.39, 0.29) is 132 Å². The number of H-pyrrole nitrogens is 1. The third-order valence-corrected chi connectivity index (χ3v) is 2.64. The maximum atomic E-state index is 11.4. The predicted octanol–water partition coefficient (Wildman–Crippen LogP) is -2.85. The average Bonchev–Trinajstić information content (AvgIpc) is 2.57. The molecule has 11 heteroatoms. The summed E-state index contributed by atoms with van der Waals surface area (Å²) in [5.41, 5.74) is -1.33. The fraction of sp³-hybridized carbons (Fsp3) is 0.556. The van der Waals surface area contributed by atoms with Gasteiger partial charge in [0, 0.05) is 144 Å². The molecule has 8 nitrogen and oxygen atoms in total. The molecular formula is C9H12Ac3N2O6. The van der Waals surface area contributed by atoms with E-state index in [4.69, 9.17) is 9.84 Å². The molecule has 0 amide bonds. The van der Waals surface area contributed by atoms with Crippen LogP contribution >= 0.6 is 0 Å². The Morgan fingerprint density at radius 2 is 1.80 bits per heavy atom. The van der Waals surface area contributed by atoms with E-state index in [1.54, 1.807) is 0 Å². The first-order valence-corrected chi connectivity index (χ1v) is 4.98. The third-order valence-electron chi connectivity index (χ3n) is 2.64. The van der Waals surface area contributed by atoms with Crippen molar-refractivity contribution in [3.8, 4) is 0 Å². The fourth-order valence-corrected chi connectivity index (χ4v) is 1.74. The molecule has 1 aliphatic rings. The van der Waals surface area contributed by atoms with E-state index >= 15 is 0 Å². The van der Waals surface area contributed by atoms with Gasteiger partial charge in [-0.15, -0.1) is 0 Å². The smallest absolute Gasteiger partial charge is 0.330 e. The average molecular weight is 925 g/mol. The van der Waals surface area contributed by atoms with Gasteiger partial charge >= 0.3 is 5.69 Å². The van der Waals surface area contributed by atoms with Crippen LogP contribution in [0.15, 0.2) is 21.9 Å². The van der Waals surface area contributed by atoms with Gasteiger partial charge in [0.2, 0.25) is 0 Å².